The first kappa shape index (κ1) is 44.8. The second kappa shape index (κ2) is 18.8. The summed E-state index contributed by atoms with van der Waals surface area (Å²) in [5, 5.41) is 40.5. The number of benzene rings is 2. The molecule has 2 heterocycles. The predicted octanol–water partition coefficient (Wildman–Crippen LogP) is 8.06. The maximum Gasteiger partial charge on any atom is 0.503 e. The van der Waals surface area contributed by atoms with Crippen LogP contribution in [0.25, 0.3) is 0 Å². The minimum atomic E-state index is -1.83. The van der Waals surface area contributed by atoms with Crippen molar-refractivity contribution in [3.63, 3.8) is 0 Å². The van der Waals surface area contributed by atoms with E-state index in [1.165, 1.54) is 29.9 Å². The maximum atomic E-state index is 11.6. The number of phenolic OH excluding ortho intramolecular Hbond substituents is 2. The minimum absolute atomic E-state index is 0. The van der Waals surface area contributed by atoms with Crippen LogP contribution >= 0.6 is 0 Å². The second-order valence-corrected chi connectivity index (χ2v) is 18.1. The summed E-state index contributed by atoms with van der Waals surface area (Å²) in [6, 6.07) is 8.64. The Morgan fingerprint density at radius 3 is 1.85 bits per heavy atom. The number of aliphatic imine (C=N–C) groups is 2. The molecule has 2 unspecified atom stereocenters. The van der Waals surface area contributed by atoms with Crippen molar-refractivity contribution >= 4 is 24.5 Å². The van der Waals surface area contributed by atoms with E-state index in [1.54, 1.807) is 0 Å². The molecular weight excluding hydrogens is 725 g/mol. The Bertz CT molecular complexity index is 1670. The molecule has 0 saturated heterocycles. The van der Waals surface area contributed by atoms with E-state index in [0.29, 0.717) is 11.5 Å². The molecule has 301 valence electrons. The molecule has 1 aliphatic carbocycles. The summed E-state index contributed by atoms with van der Waals surface area (Å²) in [5.74, 6) is 1.98. The van der Waals surface area contributed by atoms with Crippen molar-refractivity contribution in [3.8, 4) is 11.5 Å². The van der Waals surface area contributed by atoms with Gasteiger partial charge in [0.25, 0.3) is 0 Å². The van der Waals surface area contributed by atoms with Gasteiger partial charge in [-0.3, -0.25) is 24.8 Å². The molecule has 0 bridgehead atoms. The van der Waals surface area contributed by atoms with E-state index in [-0.39, 0.29) is 45.1 Å². The Balaban J connectivity index is 0.00000149. The summed E-state index contributed by atoms with van der Waals surface area (Å²) in [7, 11) is 0. The predicted molar refractivity (Wildman–Crippen MR) is 216 cm³/mol. The third kappa shape index (κ3) is 12.2. The average Bonchev–Trinajstić information content (AvgIpc) is 3.06. The van der Waals surface area contributed by atoms with Crippen LogP contribution in [-0.2, 0) is 39.4 Å². The number of nitrogens with zero attached hydrogens (tertiary/aromatic N) is 4. The number of carboxylic acid groups (broad SMARTS) is 2. The molecule has 11 heteroatoms. The van der Waals surface area contributed by atoms with Crippen LogP contribution in [0, 0.1) is 0 Å². The molecule has 3 aliphatic rings. The molecule has 5 N–H and O–H groups in total. The van der Waals surface area contributed by atoms with Crippen LogP contribution < -0.4 is 5.32 Å². The van der Waals surface area contributed by atoms with Gasteiger partial charge in [-0.2, -0.15) is 0 Å². The quantitative estimate of drug-likeness (QED) is 0.135. The number of guanidine groups is 1. The average molecular weight is 792 g/mol. The van der Waals surface area contributed by atoms with Crippen LogP contribution in [0.4, 0.5) is 4.79 Å². The first-order valence-electron chi connectivity index (χ1n) is 19.6. The second-order valence-electron chi connectivity index (χ2n) is 18.1. The minimum Gasteiger partial charge on any atom is -0.507 e. The van der Waals surface area contributed by atoms with E-state index in [2.05, 4.69) is 101 Å². The number of aryl methyl sites for hydroxylation is 1. The zero-order chi connectivity index (χ0) is 39.1. The van der Waals surface area contributed by atoms with Gasteiger partial charge in [-0.25, -0.2) is 4.79 Å². The van der Waals surface area contributed by atoms with Crippen LogP contribution in [0.1, 0.15) is 141 Å². The van der Waals surface area contributed by atoms with Gasteiger partial charge in [0.2, 0.25) is 0 Å². The third-order valence-electron chi connectivity index (χ3n) is 10.6. The van der Waals surface area contributed by atoms with Crippen LogP contribution in [0.3, 0.4) is 0 Å². The Kier molecular flexibility index (Phi) is 15.6. The molecule has 2 aromatic rings. The van der Waals surface area contributed by atoms with Crippen LogP contribution in [-0.4, -0.2) is 99.3 Å². The number of hydrogen-bond acceptors (Lipinski definition) is 7. The summed E-state index contributed by atoms with van der Waals surface area (Å²) >= 11 is 0. The van der Waals surface area contributed by atoms with Gasteiger partial charge in [-0.15, -0.1) is 0 Å². The molecule has 1 fully saturated rings. The van der Waals surface area contributed by atoms with Crippen LogP contribution in [0.15, 0.2) is 34.3 Å². The van der Waals surface area contributed by atoms with Gasteiger partial charge in [0.05, 0.1) is 44.8 Å². The summed E-state index contributed by atoms with van der Waals surface area (Å²) in [6.45, 7) is 25.2. The van der Waals surface area contributed by atoms with Crippen LogP contribution in [0.2, 0.25) is 0 Å². The van der Waals surface area contributed by atoms with Gasteiger partial charge >= 0.3 is 12.1 Å². The summed E-state index contributed by atoms with van der Waals surface area (Å²) in [4.78, 5) is 21.3. The molecule has 0 aromatic heterocycles. The van der Waals surface area contributed by atoms with Gasteiger partial charge in [0.15, 0.2) is 0 Å². The molecule has 0 spiro atoms. The van der Waals surface area contributed by atoms with Crippen molar-refractivity contribution in [3.05, 3.63) is 57.6 Å². The number of phenols is 2. The smallest absolute Gasteiger partial charge is 0.503 e. The van der Waals surface area contributed by atoms with E-state index in [4.69, 9.17) is 25.0 Å². The molecule has 2 atom stereocenters. The molecular formula is C43H66CoN5O5+. The maximum absolute atomic E-state index is 11.6. The monoisotopic (exact) mass is 791 g/mol. The van der Waals surface area contributed by atoms with Gasteiger partial charge in [0, 0.05) is 58.7 Å². The van der Waals surface area contributed by atoms with E-state index in [9.17, 15) is 10.2 Å². The summed E-state index contributed by atoms with van der Waals surface area (Å²) < 4.78 is 2.50. The van der Waals surface area contributed by atoms with Crippen LogP contribution in [0.5, 0.6) is 11.5 Å². The fourth-order valence-electron chi connectivity index (χ4n) is 7.45. The Hall–Kier alpha value is -3.57. The largest absolute Gasteiger partial charge is 0.507 e. The SMILES string of the molecule is CC(C)(C)c1cc(C=NC2CCCCC2N=Cc2cc(C(C)(C)C)cc(C(C)(C)C)c2O)c(O)c(CCCN2CCC[N+]3=C2NCCC3)c1.O=C(O)O.[Co]. The Morgan fingerprint density at radius 1 is 0.796 bits per heavy atom. The van der Waals surface area contributed by atoms with Crippen molar-refractivity contribution in [2.75, 3.05) is 32.7 Å². The van der Waals surface area contributed by atoms with Crippen molar-refractivity contribution in [2.45, 2.75) is 142 Å². The zero-order valence-electron chi connectivity index (χ0n) is 34.1. The van der Waals surface area contributed by atoms with Gasteiger partial charge in [-0.05, 0) is 70.8 Å². The van der Waals surface area contributed by atoms with Gasteiger partial charge in [-0.1, -0.05) is 87.3 Å². The molecule has 1 radical (unpaired) electrons. The molecule has 2 aliphatic heterocycles. The standard InChI is InChI=1S/C42H63N5O2.CH2O3.Co/c1-40(2,3)32-23-29(15-12-19-46-21-14-22-47-20-13-18-43-39(46)47)37(48)30(24-32)27-44-35-16-10-11-17-36(35)45-28-31-25-33(41(4,5)6)26-34(38(31)49)42(7,8)9;2-1(3)4;/h23-28,35-36H,10-22H2,1-9H3,(H2,44,45,48,49);(H2,2,3,4);/p+1. The van der Waals surface area contributed by atoms with E-state index >= 15 is 0 Å². The number of rotatable bonds is 8. The number of carbonyl (C=O) groups is 1. The fourth-order valence-corrected chi connectivity index (χ4v) is 7.45. The molecule has 0 amide bonds. The van der Waals surface area contributed by atoms with Gasteiger partial charge < -0.3 is 20.4 Å². The molecule has 1 saturated carbocycles. The molecule has 2 aromatic carbocycles. The van der Waals surface area contributed by atoms with Gasteiger partial charge in [0.1, 0.15) is 11.5 Å². The summed E-state index contributed by atoms with van der Waals surface area (Å²) in [6.07, 6.45) is 10.3. The first-order valence-corrected chi connectivity index (χ1v) is 19.6. The third-order valence-corrected chi connectivity index (χ3v) is 10.6. The number of nitrogens with one attached hydrogen (secondary N) is 1. The zero-order valence-corrected chi connectivity index (χ0v) is 35.2. The molecule has 5 rings (SSSR count). The summed E-state index contributed by atoms with van der Waals surface area (Å²) in [5.41, 5.74) is 5.67. The fraction of sp³-hybridized carbons (Fsp3) is 0.628. The Labute approximate surface area is 334 Å². The molecule has 54 heavy (non-hydrogen) atoms. The topological polar surface area (TPSA) is 141 Å². The number of hydrogen-bond donors (Lipinski definition) is 5. The van der Waals surface area contributed by atoms with Crippen molar-refractivity contribution < 1.29 is 46.6 Å². The van der Waals surface area contributed by atoms with Crippen molar-refractivity contribution in [1.29, 1.82) is 0 Å². The van der Waals surface area contributed by atoms with Crippen molar-refractivity contribution in [1.82, 2.24) is 10.2 Å². The number of aromatic hydroxyl groups is 2. The van der Waals surface area contributed by atoms with E-state index in [1.807, 2.05) is 12.4 Å². The van der Waals surface area contributed by atoms with E-state index in [0.717, 1.165) is 93.5 Å². The van der Waals surface area contributed by atoms with Crippen molar-refractivity contribution in [2.24, 2.45) is 9.98 Å². The normalized spacial score (nSPS) is 19.5. The first-order chi connectivity index (χ1) is 24.8. The molecule has 10 nitrogen and oxygen atoms in total. The Morgan fingerprint density at radius 2 is 1.31 bits per heavy atom. The van der Waals surface area contributed by atoms with E-state index < -0.39 is 6.16 Å².